The van der Waals surface area contributed by atoms with Crippen molar-refractivity contribution in [2.45, 2.75) is 111 Å². The molecule has 42 heavy (non-hydrogen) atoms. The molecule has 0 aliphatic heterocycles. The Morgan fingerprint density at radius 3 is 1.76 bits per heavy atom. The maximum Gasteiger partial charge on any atom is 0.307 e. The van der Waals surface area contributed by atoms with Gasteiger partial charge < -0.3 is 9.84 Å². The van der Waals surface area contributed by atoms with E-state index in [1.807, 2.05) is 62.6 Å². The molecule has 0 saturated carbocycles. The Balaban J connectivity index is 1.36. The largest absolute Gasteiger partial charge is 0.494 e. The molecule has 0 spiro atoms. The van der Waals surface area contributed by atoms with Crippen LogP contribution in [0.15, 0.2) is 60.9 Å². The highest BCUT2D eigenvalue weighted by molar-refractivity contribution is 5.71. The molecule has 0 amide bonds. The summed E-state index contributed by atoms with van der Waals surface area (Å²) in [6.07, 6.45) is 21.2. The van der Waals surface area contributed by atoms with Gasteiger partial charge in [-0.15, -0.1) is 0 Å². The summed E-state index contributed by atoms with van der Waals surface area (Å²) in [5.74, 6) is 0.592. The molecule has 0 saturated heterocycles. The quantitative estimate of drug-likeness (QED) is 0.129. The smallest absolute Gasteiger partial charge is 0.307 e. The van der Waals surface area contributed by atoms with Crippen molar-refractivity contribution in [2.24, 2.45) is 11.8 Å². The number of aliphatic carboxylic acids is 1. The second-order valence-electron chi connectivity index (χ2n) is 11.8. The predicted molar refractivity (Wildman–Crippen MR) is 174 cm³/mol. The molecule has 1 heterocycles. The molecule has 5 nitrogen and oxygen atoms in total. The van der Waals surface area contributed by atoms with E-state index in [9.17, 15) is 9.90 Å². The lowest BCUT2D eigenvalue weighted by Gasteiger charge is -2.18. The number of rotatable bonds is 21. The van der Waals surface area contributed by atoms with Gasteiger partial charge in [0.15, 0.2) is 5.82 Å². The highest BCUT2D eigenvalue weighted by Gasteiger charge is 2.23. The van der Waals surface area contributed by atoms with Crippen LogP contribution in [0.2, 0.25) is 0 Å². The maximum atomic E-state index is 11.7. The zero-order valence-electron chi connectivity index (χ0n) is 26.2. The lowest BCUT2D eigenvalue weighted by Crippen LogP contribution is -2.23. The predicted octanol–water partition coefficient (Wildman–Crippen LogP) is 10.2. The minimum absolute atomic E-state index is 0.137. The fourth-order valence-corrected chi connectivity index (χ4v) is 5.36. The second-order valence-corrected chi connectivity index (χ2v) is 11.8. The number of aromatic nitrogens is 2. The Bertz CT molecular complexity index is 1140. The van der Waals surface area contributed by atoms with E-state index in [-0.39, 0.29) is 11.8 Å². The fraction of sp³-hybridized carbons (Fsp3) is 0.541. The summed E-state index contributed by atoms with van der Waals surface area (Å²) in [5, 5.41) is 9.59. The zero-order chi connectivity index (χ0) is 30.0. The van der Waals surface area contributed by atoms with Crippen LogP contribution in [0.3, 0.4) is 0 Å². The normalized spacial score (nSPS) is 12.6. The van der Waals surface area contributed by atoms with Crippen LogP contribution in [-0.2, 0) is 11.2 Å². The number of hydrogen-bond donors (Lipinski definition) is 1. The number of carboxylic acids is 1. The minimum Gasteiger partial charge on any atom is -0.494 e. The molecule has 3 aromatic rings. The number of carbonyl (C=O) groups is 1. The van der Waals surface area contributed by atoms with Crippen molar-refractivity contribution in [3.63, 3.8) is 0 Å². The molecule has 2 unspecified atom stereocenters. The third-order valence-electron chi connectivity index (χ3n) is 8.42. The van der Waals surface area contributed by atoms with E-state index in [4.69, 9.17) is 4.74 Å². The van der Waals surface area contributed by atoms with Crippen molar-refractivity contribution < 1.29 is 14.6 Å². The van der Waals surface area contributed by atoms with Crippen LogP contribution in [0, 0.1) is 11.8 Å². The average molecular weight is 573 g/mol. The van der Waals surface area contributed by atoms with Gasteiger partial charge in [0.2, 0.25) is 0 Å². The van der Waals surface area contributed by atoms with Gasteiger partial charge in [0.25, 0.3) is 0 Å². The van der Waals surface area contributed by atoms with Crippen LogP contribution in [0.5, 0.6) is 5.75 Å². The molecular weight excluding hydrogens is 520 g/mol. The lowest BCUT2D eigenvalue weighted by atomic mass is 9.86. The molecule has 5 heteroatoms. The Morgan fingerprint density at radius 1 is 0.714 bits per heavy atom. The molecule has 1 aromatic heterocycles. The molecule has 228 valence electrons. The van der Waals surface area contributed by atoms with Gasteiger partial charge in [0, 0.05) is 23.5 Å². The number of hydrogen-bond acceptors (Lipinski definition) is 4. The van der Waals surface area contributed by atoms with Gasteiger partial charge in [-0.2, -0.15) is 0 Å². The first-order valence-corrected chi connectivity index (χ1v) is 16.4. The summed E-state index contributed by atoms with van der Waals surface area (Å²) in [7, 11) is 0. The van der Waals surface area contributed by atoms with Crippen molar-refractivity contribution in [1.29, 1.82) is 0 Å². The summed E-state index contributed by atoms with van der Waals surface area (Å²) >= 11 is 0. The number of benzene rings is 2. The highest BCUT2D eigenvalue weighted by atomic mass is 16.5. The molecule has 0 bridgehead atoms. The van der Waals surface area contributed by atoms with Gasteiger partial charge in [0.1, 0.15) is 5.75 Å². The van der Waals surface area contributed by atoms with Gasteiger partial charge in [0.05, 0.1) is 12.5 Å². The van der Waals surface area contributed by atoms with Crippen molar-refractivity contribution in [2.75, 3.05) is 6.61 Å². The van der Waals surface area contributed by atoms with E-state index in [0.29, 0.717) is 12.2 Å². The molecule has 3 rings (SSSR count). The Morgan fingerprint density at radius 2 is 1.24 bits per heavy atom. The maximum absolute atomic E-state index is 11.7. The van der Waals surface area contributed by atoms with E-state index >= 15 is 0 Å². The van der Waals surface area contributed by atoms with Crippen molar-refractivity contribution in [3.05, 3.63) is 66.5 Å². The third-order valence-corrected chi connectivity index (χ3v) is 8.42. The molecule has 2 aromatic carbocycles. The van der Waals surface area contributed by atoms with Gasteiger partial charge in [-0.05, 0) is 42.0 Å². The lowest BCUT2D eigenvalue weighted by molar-refractivity contribution is -0.143. The molecule has 0 radical (unpaired) electrons. The van der Waals surface area contributed by atoms with Crippen LogP contribution in [-0.4, -0.2) is 27.7 Å². The number of carboxylic acid groups (broad SMARTS) is 1. The molecule has 1 N–H and O–H groups in total. The number of unbranched alkanes of at least 4 members (excludes halogenated alkanes) is 11. The van der Waals surface area contributed by atoms with E-state index in [1.165, 1.54) is 70.6 Å². The van der Waals surface area contributed by atoms with Crippen LogP contribution >= 0.6 is 0 Å². The standard InChI is InChI=1S/C37H52N2O3/c1-4-6-7-8-9-10-11-12-13-14-15-16-25-42-34-23-21-31(22-24-34)33-27-38-36(39-28-33)32-19-17-30(18-20-32)26-35(37(40)41)29(3)5-2/h17-24,27-29,35H,4-16,25-26H2,1-3H3,(H,40,41). The SMILES string of the molecule is CCCCCCCCCCCCCCOc1ccc(-c2cnc(-c3ccc(CC(C(=O)O)C(C)CC)cc3)nc2)cc1. The van der Waals surface area contributed by atoms with Crippen LogP contribution < -0.4 is 4.74 Å². The molecule has 0 fully saturated rings. The van der Waals surface area contributed by atoms with Crippen molar-refractivity contribution in [3.8, 4) is 28.3 Å². The van der Waals surface area contributed by atoms with Crippen LogP contribution in [0.1, 0.15) is 110 Å². The van der Waals surface area contributed by atoms with Crippen molar-refractivity contribution in [1.82, 2.24) is 9.97 Å². The van der Waals surface area contributed by atoms with E-state index in [2.05, 4.69) is 29.0 Å². The monoisotopic (exact) mass is 572 g/mol. The summed E-state index contributed by atoms with van der Waals surface area (Å²) in [4.78, 5) is 20.8. The molecular formula is C37H52N2O3. The van der Waals surface area contributed by atoms with E-state index in [0.717, 1.165) is 47.5 Å². The number of ether oxygens (including phenoxy) is 1. The average Bonchev–Trinajstić information content (AvgIpc) is 3.02. The minimum atomic E-state index is -0.730. The first kappa shape index (κ1) is 33.3. The second kappa shape index (κ2) is 19.1. The summed E-state index contributed by atoms with van der Waals surface area (Å²) in [6, 6.07) is 16.1. The Hall–Kier alpha value is -3.21. The van der Waals surface area contributed by atoms with E-state index < -0.39 is 5.97 Å². The topological polar surface area (TPSA) is 72.3 Å². The highest BCUT2D eigenvalue weighted by Crippen LogP contribution is 2.25. The fourth-order valence-electron chi connectivity index (χ4n) is 5.36. The molecule has 0 aliphatic carbocycles. The zero-order valence-corrected chi connectivity index (χ0v) is 26.2. The third kappa shape index (κ3) is 11.6. The number of nitrogens with zero attached hydrogens (tertiary/aromatic N) is 2. The Kier molecular flexibility index (Phi) is 15.1. The summed E-state index contributed by atoms with van der Waals surface area (Å²) in [5.41, 5.74) is 3.95. The molecule has 0 aliphatic rings. The van der Waals surface area contributed by atoms with Crippen molar-refractivity contribution >= 4 is 5.97 Å². The summed E-state index contributed by atoms with van der Waals surface area (Å²) in [6.45, 7) is 7.08. The van der Waals surface area contributed by atoms with Gasteiger partial charge in [-0.25, -0.2) is 9.97 Å². The first-order chi connectivity index (χ1) is 20.5. The van der Waals surface area contributed by atoms with Crippen LogP contribution in [0.25, 0.3) is 22.5 Å². The van der Waals surface area contributed by atoms with Gasteiger partial charge >= 0.3 is 5.97 Å². The first-order valence-electron chi connectivity index (χ1n) is 16.4. The van der Waals surface area contributed by atoms with Crippen LogP contribution in [0.4, 0.5) is 0 Å². The van der Waals surface area contributed by atoms with Gasteiger partial charge in [-0.1, -0.05) is 134 Å². The Labute approximate surface area is 254 Å². The summed E-state index contributed by atoms with van der Waals surface area (Å²) < 4.78 is 5.97. The van der Waals surface area contributed by atoms with Gasteiger partial charge in [-0.3, -0.25) is 4.79 Å². The molecule has 2 atom stereocenters. The van der Waals surface area contributed by atoms with E-state index in [1.54, 1.807) is 0 Å².